The van der Waals surface area contributed by atoms with Gasteiger partial charge in [-0.2, -0.15) is 0 Å². The molecule has 1 heterocycles. The second-order valence-corrected chi connectivity index (χ2v) is 5.11. The quantitative estimate of drug-likeness (QED) is 0.905. The summed E-state index contributed by atoms with van der Waals surface area (Å²) in [4.78, 5) is 23.2. The van der Waals surface area contributed by atoms with Crippen LogP contribution in [0.1, 0.15) is 11.1 Å². The lowest BCUT2D eigenvalue weighted by Crippen LogP contribution is -2.26. The van der Waals surface area contributed by atoms with E-state index in [2.05, 4.69) is 10.6 Å². The van der Waals surface area contributed by atoms with E-state index < -0.39 is 0 Å². The molecule has 5 heteroatoms. The molecule has 0 bridgehead atoms. The van der Waals surface area contributed by atoms with Crippen molar-refractivity contribution in [2.75, 3.05) is 11.9 Å². The highest BCUT2D eigenvalue weighted by Gasteiger charge is 2.15. The smallest absolute Gasteiger partial charge is 0.262 e. The van der Waals surface area contributed by atoms with Gasteiger partial charge in [-0.15, -0.1) is 0 Å². The Morgan fingerprint density at radius 1 is 1.14 bits per heavy atom. The van der Waals surface area contributed by atoms with Crippen LogP contribution in [0.15, 0.2) is 48.5 Å². The molecule has 2 amide bonds. The van der Waals surface area contributed by atoms with Crippen molar-refractivity contribution < 1.29 is 14.3 Å². The van der Waals surface area contributed by atoms with Gasteiger partial charge in [0.2, 0.25) is 5.91 Å². The number of benzene rings is 2. The average molecular weight is 296 g/mol. The molecule has 0 aromatic heterocycles. The normalized spacial score (nSPS) is 12.8. The minimum Gasteiger partial charge on any atom is -0.482 e. The predicted molar refractivity (Wildman–Crippen MR) is 82.6 cm³/mol. The molecule has 0 radical (unpaired) electrons. The summed E-state index contributed by atoms with van der Waals surface area (Å²) in [6, 6.07) is 15.1. The molecule has 0 saturated heterocycles. The topological polar surface area (TPSA) is 67.4 Å². The lowest BCUT2D eigenvalue weighted by Gasteiger charge is -2.18. The van der Waals surface area contributed by atoms with Crippen molar-refractivity contribution >= 4 is 17.5 Å². The zero-order chi connectivity index (χ0) is 15.4. The molecule has 0 saturated carbocycles. The predicted octanol–water partition coefficient (Wildman–Crippen LogP) is 1.88. The number of amides is 2. The fourth-order valence-electron chi connectivity index (χ4n) is 2.28. The number of hydrogen-bond acceptors (Lipinski definition) is 3. The highest BCUT2D eigenvalue weighted by atomic mass is 16.5. The van der Waals surface area contributed by atoms with Gasteiger partial charge in [-0.05, 0) is 23.3 Å². The van der Waals surface area contributed by atoms with E-state index in [1.165, 1.54) is 0 Å². The van der Waals surface area contributed by atoms with Crippen molar-refractivity contribution in [3.8, 4) is 5.75 Å². The van der Waals surface area contributed by atoms with Crippen LogP contribution in [0, 0.1) is 0 Å². The second kappa shape index (κ2) is 6.30. The van der Waals surface area contributed by atoms with Crippen LogP contribution in [0.25, 0.3) is 0 Å². The zero-order valence-electron chi connectivity index (χ0n) is 12.0. The molecule has 2 N–H and O–H groups in total. The molecule has 5 nitrogen and oxygen atoms in total. The molecule has 2 aromatic carbocycles. The molecule has 0 atom stereocenters. The van der Waals surface area contributed by atoms with Crippen LogP contribution in [-0.2, 0) is 22.6 Å². The number of anilines is 1. The van der Waals surface area contributed by atoms with Crippen LogP contribution in [0.5, 0.6) is 5.75 Å². The first kappa shape index (κ1) is 14.1. The number of fused-ring (bicyclic) bond motifs is 1. The fraction of sp³-hybridized carbons (Fsp3) is 0.176. The number of rotatable bonds is 4. The van der Waals surface area contributed by atoms with Crippen LogP contribution < -0.4 is 15.4 Å². The SMILES string of the molecule is O=C(Cc1ccccc1)NCc1ccc2c(c1)NC(=O)CO2. The number of carbonyl (C=O) groups is 2. The third kappa shape index (κ3) is 3.44. The summed E-state index contributed by atoms with van der Waals surface area (Å²) in [5.41, 5.74) is 2.53. The molecular weight excluding hydrogens is 280 g/mol. The number of nitrogens with one attached hydrogen (secondary N) is 2. The Morgan fingerprint density at radius 2 is 1.95 bits per heavy atom. The van der Waals surface area contributed by atoms with Crippen molar-refractivity contribution in [1.82, 2.24) is 5.32 Å². The monoisotopic (exact) mass is 296 g/mol. The number of hydrogen-bond donors (Lipinski definition) is 2. The largest absolute Gasteiger partial charge is 0.482 e. The van der Waals surface area contributed by atoms with Crippen molar-refractivity contribution in [2.24, 2.45) is 0 Å². The van der Waals surface area contributed by atoms with Gasteiger partial charge in [-0.1, -0.05) is 36.4 Å². The molecule has 0 aliphatic carbocycles. The molecule has 112 valence electrons. The molecule has 1 aliphatic rings. The summed E-state index contributed by atoms with van der Waals surface area (Å²) in [5, 5.41) is 5.62. The highest BCUT2D eigenvalue weighted by molar-refractivity contribution is 5.95. The summed E-state index contributed by atoms with van der Waals surface area (Å²) in [6.07, 6.45) is 0.353. The molecule has 2 aromatic rings. The third-order valence-corrected chi connectivity index (χ3v) is 3.37. The van der Waals surface area contributed by atoms with E-state index in [1.807, 2.05) is 42.5 Å². The highest BCUT2D eigenvalue weighted by Crippen LogP contribution is 2.28. The van der Waals surface area contributed by atoms with Gasteiger partial charge < -0.3 is 15.4 Å². The van der Waals surface area contributed by atoms with Crippen LogP contribution in [0.3, 0.4) is 0 Å². The van der Waals surface area contributed by atoms with E-state index in [0.29, 0.717) is 24.4 Å². The van der Waals surface area contributed by atoms with Gasteiger partial charge in [-0.3, -0.25) is 9.59 Å². The van der Waals surface area contributed by atoms with Crippen molar-refractivity contribution in [3.05, 3.63) is 59.7 Å². The molecule has 3 rings (SSSR count). The molecule has 22 heavy (non-hydrogen) atoms. The molecule has 0 unspecified atom stereocenters. The lowest BCUT2D eigenvalue weighted by atomic mass is 10.1. The fourth-order valence-corrected chi connectivity index (χ4v) is 2.28. The first-order valence-electron chi connectivity index (χ1n) is 7.07. The van der Waals surface area contributed by atoms with Crippen molar-refractivity contribution in [3.63, 3.8) is 0 Å². The minimum absolute atomic E-state index is 0.0378. The zero-order valence-corrected chi connectivity index (χ0v) is 12.0. The minimum atomic E-state index is -0.169. The van der Waals surface area contributed by atoms with Crippen molar-refractivity contribution in [2.45, 2.75) is 13.0 Å². The maximum Gasteiger partial charge on any atom is 0.262 e. The summed E-state index contributed by atoms with van der Waals surface area (Å²) in [6.45, 7) is 0.453. The Hall–Kier alpha value is -2.82. The van der Waals surface area contributed by atoms with Crippen LogP contribution in [0.2, 0.25) is 0 Å². The van der Waals surface area contributed by atoms with E-state index in [1.54, 1.807) is 6.07 Å². The molecule has 0 fully saturated rings. The van der Waals surface area contributed by atoms with Gasteiger partial charge in [0.15, 0.2) is 6.61 Å². The standard InChI is InChI=1S/C17H16N2O3/c20-16(9-12-4-2-1-3-5-12)18-10-13-6-7-15-14(8-13)19-17(21)11-22-15/h1-8H,9-11H2,(H,18,20)(H,19,21). The van der Waals surface area contributed by atoms with E-state index in [-0.39, 0.29) is 18.4 Å². The van der Waals surface area contributed by atoms with E-state index in [0.717, 1.165) is 11.1 Å². The lowest BCUT2D eigenvalue weighted by molar-refractivity contribution is -0.120. The van der Waals surface area contributed by atoms with Gasteiger partial charge in [-0.25, -0.2) is 0 Å². The Labute approximate surface area is 128 Å². The van der Waals surface area contributed by atoms with Gasteiger partial charge in [0, 0.05) is 6.54 Å². The van der Waals surface area contributed by atoms with Crippen LogP contribution in [-0.4, -0.2) is 18.4 Å². The first-order chi connectivity index (χ1) is 10.7. The summed E-state index contributed by atoms with van der Waals surface area (Å²) in [5.74, 6) is 0.445. The Balaban J connectivity index is 1.58. The third-order valence-electron chi connectivity index (χ3n) is 3.37. The van der Waals surface area contributed by atoms with E-state index in [4.69, 9.17) is 4.74 Å². The van der Waals surface area contributed by atoms with Crippen LogP contribution in [0.4, 0.5) is 5.69 Å². The number of ether oxygens (including phenoxy) is 1. The Morgan fingerprint density at radius 3 is 2.77 bits per heavy atom. The van der Waals surface area contributed by atoms with Crippen molar-refractivity contribution in [1.29, 1.82) is 0 Å². The Kier molecular flexibility index (Phi) is 4.05. The average Bonchev–Trinajstić information content (AvgIpc) is 2.53. The molecular formula is C17H16N2O3. The van der Waals surface area contributed by atoms with E-state index in [9.17, 15) is 9.59 Å². The molecule has 1 aliphatic heterocycles. The second-order valence-electron chi connectivity index (χ2n) is 5.11. The maximum atomic E-state index is 11.9. The number of carbonyl (C=O) groups excluding carboxylic acids is 2. The van der Waals surface area contributed by atoms with Gasteiger partial charge in [0.1, 0.15) is 5.75 Å². The van der Waals surface area contributed by atoms with E-state index >= 15 is 0 Å². The first-order valence-corrected chi connectivity index (χ1v) is 7.07. The molecule has 0 spiro atoms. The summed E-state index contributed by atoms with van der Waals surface area (Å²) < 4.78 is 5.30. The summed E-state index contributed by atoms with van der Waals surface area (Å²) in [7, 11) is 0. The summed E-state index contributed by atoms with van der Waals surface area (Å²) >= 11 is 0. The van der Waals surface area contributed by atoms with Crippen LogP contribution >= 0.6 is 0 Å². The van der Waals surface area contributed by atoms with Gasteiger partial charge >= 0.3 is 0 Å². The van der Waals surface area contributed by atoms with Gasteiger partial charge in [0.25, 0.3) is 5.91 Å². The Bertz CT molecular complexity index is 698. The maximum absolute atomic E-state index is 11.9. The van der Waals surface area contributed by atoms with Gasteiger partial charge in [0.05, 0.1) is 12.1 Å².